The highest BCUT2D eigenvalue weighted by molar-refractivity contribution is 5.93. The minimum absolute atomic E-state index is 0.0270. The zero-order valence-electron chi connectivity index (χ0n) is 20.2. The summed E-state index contributed by atoms with van der Waals surface area (Å²) < 4.78 is 38.6. The molecule has 0 aromatic heterocycles. The van der Waals surface area contributed by atoms with E-state index >= 15 is 0 Å². The number of esters is 1. The van der Waals surface area contributed by atoms with E-state index in [9.17, 15) is 18.4 Å². The number of allylic oxidation sites excluding steroid dienone is 3. The van der Waals surface area contributed by atoms with Crippen LogP contribution in [0.4, 0.5) is 8.78 Å². The summed E-state index contributed by atoms with van der Waals surface area (Å²) >= 11 is 0. The smallest absolute Gasteiger partial charge is 0.305 e. The van der Waals surface area contributed by atoms with Gasteiger partial charge < -0.3 is 9.47 Å². The lowest BCUT2D eigenvalue weighted by molar-refractivity contribution is -0.140. The third-order valence-electron chi connectivity index (χ3n) is 7.28. The SMILES string of the molecule is CCCCC(F)C(=O)/C=C/[C@@H]1[C@@H]2C[C@@](c3ccc(F)cc3)(CO2)[C@H]1C/C=C\CCCC(=O)OC. The molecule has 34 heavy (non-hydrogen) atoms. The van der Waals surface area contributed by atoms with Crippen LogP contribution >= 0.6 is 0 Å². The van der Waals surface area contributed by atoms with Gasteiger partial charge in [0, 0.05) is 17.8 Å². The monoisotopic (exact) mass is 474 g/mol. The molecule has 1 heterocycles. The summed E-state index contributed by atoms with van der Waals surface area (Å²) in [6.07, 6.45) is 11.1. The summed E-state index contributed by atoms with van der Waals surface area (Å²) in [5.41, 5.74) is 0.762. The Bertz CT molecular complexity index is 879. The summed E-state index contributed by atoms with van der Waals surface area (Å²) in [5.74, 6) is -0.857. The van der Waals surface area contributed by atoms with Crippen molar-refractivity contribution in [2.75, 3.05) is 13.7 Å². The molecular weight excluding hydrogens is 438 g/mol. The van der Waals surface area contributed by atoms with E-state index < -0.39 is 12.0 Å². The molecule has 0 N–H and O–H groups in total. The minimum atomic E-state index is -1.46. The number of unbranched alkanes of at least 4 members (excludes halogenated alkanes) is 2. The van der Waals surface area contributed by atoms with Gasteiger partial charge in [-0.1, -0.05) is 50.1 Å². The molecule has 1 aromatic rings. The fraction of sp³-hybridized carbons (Fsp3) is 0.571. The Kier molecular flexibility index (Phi) is 9.57. The van der Waals surface area contributed by atoms with Crippen molar-refractivity contribution >= 4 is 11.8 Å². The molecule has 0 radical (unpaired) electrons. The summed E-state index contributed by atoms with van der Waals surface area (Å²) in [5, 5.41) is 0. The van der Waals surface area contributed by atoms with E-state index in [0.717, 1.165) is 37.7 Å². The number of benzene rings is 1. The van der Waals surface area contributed by atoms with Gasteiger partial charge in [0.15, 0.2) is 12.0 Å². The maximum absolute atomic E-state index is 14.2. The molecule has 1 aliphatic heterocycles. The van der Waals surface area contributed by atoms with Gasteiger partial charge in [0.05, 0.1) is 19.8 Å². The normalized spacial score (nSPS) is 27.0. The lowest BCUT2D eigenvalue weighted by atomic mass is 9.69. The molecular formula is C28H36F2O4. The maximum atomic E-state index is 14.2. The average molecular weight is 475 g/mol. The Morgan fingerprint density at radius 1 is 1.24 bits per heavy atom. The maximum Gasteiger partial charge on any atom is 0.305 e. The number of hydrogen-bond donors (Lipinski definition) is 0. The second-order valence-electron chi connectivity index (χ2n) is 9.45. The van der Waals surface area contributed by atoms with Crippen molar-refractivity contribution in [1.82, 2.24) is 0 Å². The van der Waals surface area contributed by atoms with Crippen LogP contribution in [0.5, 0.6) is 0 Å². The molecule has 186 valence electrons. The molecule has 2 aliphatic rings. The van der Waals surface area contributed by atoms with Gasteiger partial charge in [-0.3, -0.25) is 9.59 Å². The summed E-state index contributed by atoms with van der Waals surface area (Å²) in [6, 6.07) is 6.61. The van der Waals surface area contributed by atoms with Crippen LogP contribution in [-0.4, -0.2) is 37.7 Å². The van der Waals surface area contributed by atoms with Crippen molar-refractivity contribution in [3.05, 3.63) is 60.0 Å². The van der Waals surface area contributed by atoms with Crippen LogP contribution in [0.2, 0.25) is 0 Å². The van der Waals surface area contributed by atoms with Crippen LogP contribution in [-0.2, 0) is 24.5 Å². The van der Waals surface area contributed by atoms with Gasteiger partial charge in [-0.05, 0) is 61.8 Å². The number of hydrogen-bond acceptors (Lipinski definition) is 4. The van der Waals surface area contributed by atoms with E-state index in [1.54, 1.807) is 0 Å². The highest BCUT2D eigenvalue weighted by Crippen LogP contribution is 2.57. The van der Waals surface area contributed by atoms with Crippen LogP contribution in [0.1, 0.15) is 63.9 Å². The zero-order chi connectivity index (χ0) is 24.6. The van der Waals surface area contributed by atoms with Crippen molar-refractivity contribution in [2.45, 2.75) is 76.0 Å². The largest absolute Gasteiger partial charge is 0.469 e. The first kappa shape index (κ1) is 26.3. The standard InChI is InChI=1S/C28H36F2O4/c1-3-4-10-24(30)25(31)17-16-22-23(9-7-5-6-8-11-27(32)33-2)28(18-26(22)34-19-28)20-12-14-21(29)15-13-20/h5,7,12-17,22-24,26H,3-4,6,8-11,18-19H2,1-2H3/b7-5-,17-16+/t22-,23-,24?,26-,28-/m0/s1. The molecule has 6 heteroatoms. The number of rotatable bonds is 13. The van der Waals surface area contributed by atoms with E-state index in [2.05, 4.69) is 16.9 Å². The number of halogens is 2. The molecule has 1 aromatic carbocycles. The van der Waals surface area contributed by atoms with Gasteiger partial charge in [-0.15, -0.1) is 0 Å². The van der Waals surface area contributed by atoms with Crippen molar-refractivity contribution in [1.29, 1.82) is 0 Å². The molecule has 1 aliphatic carbocycles. The second kappa shape index (κ2) is 12.4. The van der Waals surface area contributed by atoms with E-state index in [1.807, 2.05) is 25.1 Å². The molecule has 2 bridgehead atoms. The highest BCUT2D eigenvalue weighted by atomic mass is 19.1. The Morgan fingerprint density at radius 3 is 2.71 bits per heavy atom. The Labute approximate surface area is 201 Å². The second-order valence-corrected chi connectivity index (χ2v) is 9.45. The third kappa shape index (κ3) is 6.21. The van der Waals surface area contributed by atoms with Crippen molar-refractivity contribution in [2.24, 2.45) is 11.8 Å². The quantitative estimate of drug-likeness (QED) is 0.151. The van der Waals surface area contributed by atoms with Gasteiger partial charge in [0.25, 0.3) is 0 Å². The number of alkyl halides is 1. The van der Waals surface area contributed by atoms with Crippen molar-refractivity contribution in [3.63, 3.8) is 0 Å². The minimum Gasteiger partial charge on any atom is -0.469 e. The first-order chi connectivity index (χ1) is 16.4. The highest BCUT2D eigenvalue weighted by Gasteiger charge is 2.58. The molecule has 2 fully saturated rings. The van der Waals surface area contributed by atoms with Crippen LogP contribution in [0.15, 0.2) is 48.6 Å². The Morgan fingerprint density at radius 2 is 2.00 bits per heavy atom. The number of carbonyl (C=O) groups is 2. The molecule has 3 rings (SSSR count). The zero-order valence-corrected chi connectivity index (χ0v) is 20.2. The van der Waals surface area contributed by atoms with Crippen LogP contribution in [0.25, 0.3) is 0 Å². The molecule has 4 nitrogen and oxygen atoms in total. The van der Waals surface area contributed by atoms with Gasteiger partial charge in [-0.2, -0.15) is 0 Å². The van der Waals surface area contributed by atoms with E-state index in [1.165, 1.54) is 25.3 Å². The van der Waals surface area contributed by atoms with Gasteiger partial charge in [-0.25, -0.2) is 8.78 Å². The van der Waals surface area contributed by atoms with Gasteiger partial charge in [0.2, 0.25) is 0 Å². The fourth-order valence-corrected chi connectivity index (χ4v) is 5.37. The third-order valence-corrected chi connectivity index (χ3v) is 7.28. The number of carbonyl (C=O) groups excluding carboxylic acids is 2. The van der Waals surface area contributed by atoms with E-state index in [-0.39, 0.29) is 41.6 Å². The van der Waals surface area contributed by atoms with E-state index in [4.69, 9.17) is 4.74 Å². The lowest BCUT2D eigenvalue weighted by Gasteiger charge is -2.38. The van der Waals surface area contributed by atoms with Crippen LogP contribution in [0, 0.1) is 17.7 Å². The molecule has 0 amide bonds. The summed E-state index contributed by atoms with van der Waals surface area (Å²) in [7, 11) is 1.39. The van der Waals surface area contributed by atoms with E-state index in [0.29, 0.717) is 19.4 Å². The summed E-state index contributed by atoms with van der Waals surface area (Å²) in [4.78, 5) is 23.6. The molecule has 0 spiro atoms. The number of ketones is 1. The first-order valence-corrected chi connectivity index (χ1v) is 12.4. The Hall–Kier alpha value is -2.34. The molecule has 1 saturated carbocycles. The number of methoxy groups -OCH3 is 1. The topological polar surface area (TPSA) is 52.6 Å². The number of fused-ring (bicyclic) bond motifs is 2. The molecule has 1 saturated heterocycles. The lowest BCUT2D eigenvalue weighted by Crippen LogP contribution is -2.39. The van der Waals surface area contributed by atoms with Crippen molar-refractivity contribution in [3.8, 4) is 0 Å². The molecule has 1 unspecified atom stereocenters. The average Bonchev–Trinajstić information content (AvgIpc) is 3.41. The van der Waals surface area contributed by atoms with Gasteiger partial charge >= 0.3 is 5.97 Å². The van der Waals surface area contributed by atoms with Crippen LogP contribution in [0.3, 0.4) is 0 Å². The first-order valence-electron chi connectivity index (χ1n) is 12.4. The summed E-state index contributed by atoms with van der Waals surface area (Å²) in [6.45, 7) is 2.52. The van der Waals surface area contributed by atoms with Crippen molar-refractivity contribution < 1.29 is 27.8 Å². The number of ether oxygens (including phenoxy) is 2. The fourth-order valence-electron chi connectivity index (χ4n) is 5.37. The predicted molar refractivity (Wildman–Crippen MR) is 128 cm³/mol. The molecule has 5 atom stereocenters. The predicted octanol–water partition coefficient (Wildman–Crippen LogP) is 6.04. The van der Waals surface area contributed by atoms with Crippen LogP contribution < -0.4 is 0 Å². The Balaban J connectivity index is 1.75. The van der Waals surface area contributed by atoms with Gasteiger partial charge in [0.1, 0.15) is 5.82 Å².